The average Bonchev–Trinajstić information content (AvgIpc) is 2.69. The predicted octanol–water partition coefficient (Wildman–Crippen LogP) is 0.828. The Hall–Kier alpha value is -0.120. The summed E-state index contributed by atoms with van der Waals surface area (Å²) in [5.41, 5.74) is 0.0348. The first-order chi connectivity index (χ1) is 5.27. The second kappa shape index (κ2) is 4.04. The molecule has 0 saturated carbocycles. The van der Waals surface area contributed by atoms with Crippen LogP contribution in [-0.4, -0.2) is 39.1 Å². The van der Waals surface area contributed by atoms with Crippen molar-refractivity contribution in [3.63, 3.8) is 0 Å². The minimum absolute atomic E-state index is 0.0348. The van der Waals surface area contributed by atoms with Crippen molar-refractivity contribution < 1.29 is 14.2 Å². The van der Waals surface area contributed by atoms with Gasteiger partial charge in [0.05, 0.1) is 13.2 Å². The molecule has 1 heterocycles. The van der Waals surface area contributed by atoms with E-state index in [9.17, 15) is 0 Å². The van der Waals surface area contributed by atoms with Gasteiger partial charge >= 0.3 is 0 Å². The van der Waals surface area contributed by atoms with Gasteiger partial charge in [-0.05, 0) is 13.3 Å². The molecule has 1 aliphatic heterocycles. The second-order valence-electron chi connectivity index (χ2n) is 3.14. The zero-order chi connectivity index (χ0) is 8.16. The van der Waals surface area contributed by atoms with Crippen LogP contribution >= 0.6 is 0 Å². The Labute approximate surface area is 67.6 Å². The molecule has 1 unspecified atom stereocenters. The van der Waals surface area contributed by atoms with Crippen molar-refractivity contribution in [2.75, 3.05) is 33.5 Å². The number of rotatable bonds is 6. The summed E-state index contributed by atoms with van der Waals surface area (Å²) in [5.74, 6) is 0. The van der Waals surface area contributed by atoms with Gasteiger partial charge in [0.25, 0.3) is 0 Å². The first-order valence-corrected chi connectivity index (χ1v) is 3.97. The lowest BCUT2D eigenvalue weighted by Crippen LogP contribution is -2.15. The lowest BCUT2D eigenvalue weighted by atomic mass is 10.2. The van der Waals surface area contributed by atoms with Crippen LogP contribution in [0.1, 0.15) is 13.3 Å². The monoisotopic (exact) mass is 160 g/mol. The molecule has 1 fully saturated rings. The second-order valence-corrected chi connectivity index (χ2v) is 3.14. The van der Waals surface area contributed by atoms with Gasteiger partial charge in [-0.3, -0.25) is 0 Å². The Morgan fingerprint density at radius 1 is 1.45 bits per heavy atom. The lowest BCUT2D eigenvalue weighted by Gasteiger charge is -2.05. The SMILES string of the molecule is COCCCOCC1(C)CO1. The quantitative estimate of drug-likeness (QED) is 0.426. The van der Waals surface area contributed by atoms with E-state index in [1.165, 1.54) is 0 Å². The van der Waals surface area contributed by atoms with Crippen molar-refractivity contribution in [2.24, 2.45) is 0 Å². The number of ether oxygens (including phenoxy) is 3. The number of methoxy groups -OCH3 is 1. The molecule has 0 aromatic carbocycles. The molecule has 1 saturated heterocycles. The standard InChI is InChI=1S/C8H16O3/c1-8(7-11-8)6-10-5-3-4-9-2/h3-7H2,1-2H3. The van der Waals surface area contributed by atoms with E-state index in [2.05, 4.69) is 6.92 Å². The number of hydrogen-bond donors (Lipinski definition) is 0. The van der Waals surface area contributed by atoms with E-state index >= 15 is 0 Å². The largest absolute Gasteiger partial charge is 0.385 e. The van der Waals surface area contributed by atoms with E-state index < -0.39 is 0 Å². The summed E-state index contributed by atoms with van der Waals surface area (Å²) < 4.78 is 15.4. The van der Waals surface area contributed by atoms with Crippen LogP contribution in [0.15, 0.2) is 0 Å². The summed E-state index contributed by atoms with van der Waals surface area (Å²) in [5, 5.41) is 0. The van der Waals surface area contributed by atoms with Crippen molar-refractivity contribution in [3.05, 3.63) is 0 Å². The average molecular weight is 160 g/mol. The third-order valence-corrected chi connectivity index (χ3v) is 1.68. The van der Waals surface area contributed by atoms with Crippen molar-refractivity contribution in [2.45, 2.75) is 18.9 Å². The normalized spacial score (nSPS) is 28.9. The van der Waals surface area contributed by atoms with Crippen molar-refractivity contribution in [1.82, 2.24) is 0 Å². The summed E-state index contributed by atoms with van der Waals surface area (Å²) in [6.45, 7) is 5.17. The fraction of sp³-hybridized carbons (Fsp3) is 1.00. The maximum Gasteiger partial charge on any atom is 0.112 e. The zero-order valence-corrected chi connectivity index (χ0v) is 7.26. The maximum absolute atomic E-state index is 5.36. The Bertz CT molecular complexity index is 110. The topological polar surface area (TPSA) is 31.0 Å². The molecule has 0 N–H and O–H groups in total. The minimum Gasteiger partial charge on any atom is -0.385 e. The molecule has 0 bridgehead atoms. The molecule has 0 radical (unpaired) electrons. The zero-order valence-electron chi connectivity index (χ0n) is 7.26. The van der Waals surface area contributed by atoms with Gasteiger partial charge in [-0.15, -0.1) is 0 Å². The van der Waals surface area contributed by atoms with Gasteiger partial charge in [-0.1, -0.05) is 0 Å². The number of epoxide rings is 1. The van der Waals surface area contributed by atoms with Gasteiger partial charge in [-0.2, -0.15) is 0 Å². The molecule has 3 nitrogen and oxygen atoms in total. The fourth-order valence-electron chi connectivity index (χ4n) is 0.800. The van der Waals surface area contributed by atoms with Gasteiger partial charge < -0.3 is 14.2 Å². The smallest absolute Gasteiger partial charge is 0.112 e. The third kappa shape index (κ3) is 3.70. The van der Waals surface area contributed by atoms with Crippen LogP contribution in [0.3, 0.4) is 0 Å². The van der Waals surface area contributed by atoms with Crippen LogP contribution in [0.5, 0.6) is 0 Å². The molecule has 11 heavy (non-hydrogen) atoms. The van der Waals surface area contributed by atoms with Crippen molar-refractivity contribution in [3.8, 4) is 0 Å². The molecule has 0 aliphatic carbocycles. The molecule has 0 aromatic rings. The van der Waals surface area contributed by atoms with Crippen LogP contribution in [0.25, 0.3) is 0 Å². The van der Waals surface area contributed by atoms with Crippen LogP contribution in [0.4, 0.5) is 0 Å². The molecule has 0 spiro atoms. The van der Waals surface area contributed by atoms with E-state index in [4.69, 9.17) is 14.2 Å². The molecule has 1 rings (SSSR count). The van der Waals surface area contributed by atoms with E-state index in [1.807, 2.05) is 0 Å². The first kappa shape index (κ1) is 8.97. The lowest BCUT2D eigenvalue weighted by molar-refractivity contribution is 0.0686. The first-order valence-electron chi connectivity index (χ1n) is 3.97. The van der Waals surface area contributed by atoms with E-state index in [0.29, 0.717) is 0 Å². The van der Waals surface area contributed by atoms with Gasteiger partial charge in [-0.25, -0.2) is 0 Å². The fourth-order valence-corrected chi connectivity index (χ4v) is 0.800. The van der Waals surface area contributed by atoms with Gasteiger partial charge in [0.1, 0.15) is 5.60 Å². The van der Waals surface area contributed by atoms with Gasteiger partial charge in [0.2, 0.25) is 0 Å². The molecule has 0 aromatic heterocycles. The summed E-state index contributed by atoms with van der Waals surface area (Å²) in [4.78, 5) is 0. The third-order valence-electron chi connectivity index (χ3n) is 1.68. The molecular weight excluding hydrogens is 144 g/mol. The van der Waals surface area contributed by atoms with Crippen molar-refractivity contribution >= 4 is 0 Å². The highest BCUT2D eigenvalue weighted by atomic mass is 16.6. The minimum atomic E-state index is 0.0348. The Kier molecular flexibility index (Phi) is 3.30. The summed E-state index contributed by atoms with van der Waals surface area (Å²) in [7, 11) is 1.70. The Morgan fingerprint density at radius 3 is 2.73 bits per heavy atom. The molecule has 0 amide bonds. The van der Waals surface area contributed by atoms with E-state index in [0.717, 1.165) is 32.8 Å². The molecule has 3 heteroatoms. The van der Waals surface area contributed by atoms with Crippen LogP contribution in [0, 0.1) is 0 Å². The Morgan fingerprint density at radius 2 is 2.18 bits per heavy atom. The maximum atomic E-state index is 5.36. The van der Waals surface area contributed by atoms with E-state index in [1.54, 1.807) is 7.11 Å². The predicted molar refractivity (Wildman–Crippen MR) is 41.7 cm³/mol. The Balaban J connectivity index is 1.81. The summed E-state index contributed by atoms with van der Waals surface area (Å²) in [6.07, 6.45) is 0.965. The van der Waals surface area contributed by atoms with Crippen LogP contribution in [0.2, 0.25) is 0 Å². The number of hydrogen-bond acceptors (Lipinski definition) is 3. The van der Waals surface area contributed by atoms with Crippen LogP contribution < -0.4 is 0 Å². The summed E-state index contributed by atoms with van der Waals surface area (Å²) in [6, 6.07) is 0. The van der Waals surface area contributed by atoms with Crippen LogP contribution in [-0.2, 0) is 14.2 Å². The van der Waals surface area contributed by atoms with Gasteiger partial charge in [0.15, 0.2) is 0 Å². The molecule has 1 aliphatic rings. The summed E-state index contributed by atoms with van der Waals surface area (Å²) >= 11 is 0. The van der Waals surface area contributed by atoms with Crippen molar-refractivity contribution in [1.29, 1.82) is 0 Å². The molecule has 1 atom stereocenters. The van der Waals surface area contributed by atoms with Gasteiger partial charge in [0, 0.05) is 20.3 Å². The highest BCUT2D eigenvalue weighted by Crippen LogP contribution is 2.25. The molecular formula is C8H16O3. The molecule has 66 valence electrons. The highest BCUT2D eigenvalue weighted by molar-refractivity contribution is 4.86. The van der Waals surface area contributed by atoms with E-state index in [-0.39, 0.29) is 5.60 Å². The highest BCUT2D eigenvalue weighted by Gasteiger charge is 2.39.